The van der Waals surface area contributed by atoms with E-state index < -0.39 is 5.60 Å². The number of halogens is 1. The molecule has 182 valence electrons. The number of benzene rings is 1. The normalized spacial score (nSPS) is 18.9. The van der Waals surface area contributed by atoms with Gasteiger partial charge in [0.2, 0.25) is 0 Å². The molecule has 5 nitrogen and oxygen atoms in total. The zero-order valence-electron chi connectivity index (χ0n) is 20.3. The average molecular weight is 538 g/mol. The van der Waals surface area contributed by atoms with E-state index in [4.69, 9.17) is 14.6 Å². The third-order valence-electron chi connectivity index (χ3n) is 5.94. The lowest BCUT2D eigenvalue weighted by Crippen LogP contribution is -2.28. The van der Waals surface area contributed by atoms with E-state index in [0.717, 1.165) is 54.6 Å². The highest BCUT2D eigenvalue weighted by Gasteiger charge is 2.25. The Morgan fingerprint density at radius 2 is 1.82 bits per heavy atom. The van der Waals surface area contributed by atoms with Crippen molar-refractivity contribution in [1.29, 1.82) is 0 Å². The molecule has 1 aromatic carbocycles. The molecule has 33 heavy (non-hydrogen) atoms. The summed E-state index contributed by atoms with van der Waals surface area (Å²) in [6, 6.07) is 10.6. The zero-order chi connectivity index (χ0) is 23.8. The number of carbonyl (C=O) groups excluding carboxylic acids is 1. The fourth-order valence-electron chi connectivity index (χ4n) is 4.36. The number of thioether (sulfide) groups is 1. The van der Waals surface area contributed by atoms with Gasteiger partial charge in [0.25, 0.3) is 0 Å². The van der Waals surface area contributed by atoms with Gasteiger partial charge in [-0.15, -0.1) is 0 Å². The summed E-state index contributed by atoms with van der Waals surface area (Å²) in [6.45, 7) is 7.23. The van der Waals surface area contributed by atoms with Crippen LogP contribution in [-0.4, -0.2) is 46.6 Å². The van der Waals surface area contributed by atoms with Crippen molar-refractivity contribution in [2.45, 2.75) is 65.0 Å². The van der Waals surface area contributed by atoms with Crippen LogP contribution in [0.25, 0.3) is 11.3 Å². The van der Waals surface area contributed by atoms with Crippen molar-refractivity contribution in [1.82, 2.24) is 9.78 Å². The van der Waals surface area contributed by atoms with Gasteiger partial charge in [0.1, 0.15) is 12.2 Å². The quantitative estimate of drug-likeness (QED) is 0.329. The number of esters is 1. The van der Waals surface area contributed by atoms with Gasteiger partial charge >= 0.3 is 5.97 Å². The SMILES string of the molecule is CSCCc1nn(C[C@H]2CC[C@@H](COCC(=O)OC(C)(C)C)CC2)c(-c2ccccc2)c1Br. The Balaban J connectivity index is 1.55. The Labute approximate surface area is 211 Å². The molecule has 0 unspecified atom stereocenters. The van der Waals surface area contributed by atoms with E-state index in [9.17, 15) is 4.79 Å². The third kappa shape index (κ3) is 8.15. The van der Waals surface area contributed by atoms with Gasteiger partial charge in [-0.2, -0.15) is 16.9 Å². The van der Waals surface area contributed by atoms with Gasteiger partial charge in [0.05, 0.1) is 22.5 Å². The molecule has 0 spiro atoms. The van der Waals surface area contributed by atoms with Gasteiger partial charge in [-0.1, -0.05) is 30.3 Å². The van der Waals surface area contributed by atoms with Crippen molar-refractivity contribution in [2.75, 3.05) is 25.2 Å². The molecular weight excluding hydrogens is 500 g/mol. The molecule has 1 aliphatic carbocycles. The average Bonchev–Trinajstić information content (AvgIpc) is 3.07. The maximum Gasteiger partial charge on any atom is 0.332 e. The van der Waals surface area contributed by atoms with E-state index in [1.54, 1.807) is 0 Å². The second-order valence-electron chi connectivity index (χ2n) is 9.89. The van der Waals surface area contributed by atoms with Crippen molar-refractivity contribution >= 4 is 33.7 Å². The Morgan fingerprint density at radius 1 is 1.15 bits per heavy atom. The predicted octanol–water partition coefficient (Wildman–Crippen LogP) is 6.38. The lowest BCUT2D eigenvalue weighted by atomic mass is 9.82. The van der Waals surface area contributed by atoms with Gasteiger partial charge in [0, 0.05) is 18.5 Å². The summed E-state index contributed by atoms with van der Waals surface area (Å²) in [4.78, 5) is 11.8. The van der Waals surface area contributed by atoms with Gasteiger partial charge in [-0.05, 0) is 86.2 Å². The first-order valence-electron chi connectivity index (χ1n) is 11.9. The van der Waals surface area contributed by atoms with E-state index in [0.29, 0.717) is 18.4 Å². The molecule has 1 aromatic heterocycles. The van der Waals surface area contributed by atoms with Crippen LogP contribution in [0.4, 0.5) is 0 Å². The number of hydrogen-bond acceptors (Lipinski definition) is 5. The highest BCUT2D eigenvalue weighted by Crippen LogP contribution is 2.35. The molecule has 1 heterocycles. The molecule has 0 radical (unpaired) electrons. The molecule has 7 heteroatoms. The van der Waals surface area contributed by atoms with Crippen LogP contribution >= 0.6 is 27.7 Å². The second-order valence-corrected chi connectivity index (χ2v) is 11.7. The minimum atomic E-state index is -0.464. The molecule has 0 N–H and O–H groups in total. The fraction of sp³-hybridized carbons (Fsp3) is 0.615. The van der Waals surface area contributed by atoms with Crippen molar-refractivity contribution in [2.24, 2.45) is 11.8 Å². The third-order valence-corrected chi connectivity index (χ3v) is 7.39. The Hall–Kier alpha value is -1.31. The molecule has 1 saturated carbocycles. The Kier molecular flexibility index (Phi) is 9.89. The first-order chi connectivity index (χ1) is 15.8. The molecule has 0 atom stereocenters. The molecule has 0 amide bonds. The van der Waals surface area contributed by atoms with E-state index in [-0.39, 0.29) is 12.6 Å². The maximum absolute atomic E-state index is 11.8. The first kappa shape index (κ1) is 26.3. The predicted molar refractivity (Wildman–Crippen MR) is 140 cm³/mol. The number of rotatable bonds is 10. The maximum atomic E-state index is 11.8. The summed E-state index contributed by atoms with van der Waals surface area (Å²) >= 11 is 5.71. The number of nitrogens with zero attached hydrogens (tertiary/aromatic N) is 2. The number of aryl methyl sites for hydroxylation is 1. The fourth-order valence-corrected chi connectivity index (χ4v) is 5.47. The monoisotopic (exact) mass is 536 g/mol. The van der Waals surface area contributed by atoms with E-state index in [1.807, 2.05) is 32.5 Å². The van der Waals surface area contributed by atoms with Crippen molar-refractivity contribution in [3.63, 3.8) is 0 Å². The van der Waals surface area contributed by atoms with Gasteiger partial charge in [-0.3, -0.25) is 4.68 Å². The summed E-state index contributed by atoms with van der Waals surface area (Å²) in [7, 11) is 0. The van der Waals surface area contributed by atoms with Crippen molar-refractivity contribution < 1.29 is 14.3 Å². The van der Waals surface area contributed by atoms with Crippen molar-refractivity contribution in [3.05, 3.63) is 40.5 Å². The summed E-state index contributed by atoms with van der Waals surface area (Å²) in [6.07, 6.45) is 7.68. The van der Waals surface area contributed by atoms with Crippen LogP contribution in [-0.2, 0) is 27.2 Å². The van der Waals surface area contributed by atoms with Gasteiger partial charge < -0.3 is 9.47 Å². The van der Waals surface area contributed by atoms with Crippen molar-refractivity contribution in [3.8, 4) is 11.3 Å². The molecule has 1 fully saturated rings. The summed E-state index contributed by atoms with van der Waals surface area (Å²) in [5.74, 6) is 1.90. The summed E-state index contributed by atoms with van der Waals surface area (Å²) < 4.78 is 14.3. The highest BCUT2D eigenvalue weighted by molar-refractivity contribution is 9.10. The van der Waals surface area contributed by atoms with Crippen LogP contribution in [0.2, 0.25) is 0 Å². The molecule has 3 rings (SSSR count). The highest BCUT2D eigenvalue weighted by atomic mass is 79.9. The number of aromatic nitrogens is 2. The minimum absolute atomic E-state index is 0.0395. The molecule has 0 aliphatic heterocycles. The lowest BCUT2D eigenvalue weighted by molar-refractivity contribution is -0.160. The molecule has 0 saturated heterocycles. The van der Waals surface area contributed by atoms with Gasteiger partial charge in [0.15, 0.2) is 0 Å². The largest absolute Gasteiger partial charge is 0.458 e. The Bertz CT molecular complexity index is 887. The van der Waals surface area contributed by atoms with Crippen LogP contribution in [0.3, 0.4) is 0 Å². The molecule has 1 aliphatic rings. The van der Waals surface area contributed by atoms with Crippen LogP contribution in [0.5, 0.6) is 0 Å². The van der Waals surface area contributed by atoms with Crippen LogP contribution in [0.15, 0.2) is 34.8 Å². The van der Waals surface area contributed by atoms with Crippen LogP contribution in [0.1, 0.15) is 52.1 Å². The first-order valence-corrected chi connectivity index (χ1v) is 14.0. The number of ether oxygens (including phenoxy) is 2. The molecular formula is C26H37BrN2O3S. The zero-order valence-corrected chi connectivity index (χ0v) is 22.7. The second kappa shape index (κ2) is 12.4. The van der Waals surface area contributed by atoms with Crippen LogP contribution in [0, 0.1) is 11.8 Å². The smallest absolute Gasteiger partial charge is 0.332 e. The van der Waals surface area contributed by atoms with E-state index >= 15 is 0 Å². The van der Waals surface area contributed by atoms with Crippen LogP contribution < -0.4 is 0 Å². The van der Waals surface area contributed by atoms with E-state index in [1.165, 1.54) is 11.3 Å². The van der Waals surface area contributed by atoms with Gasteiger partial charge in [-0.25, -0.2) is 4.79 Å². The minimum Gasteiger partial charge on any atom is -0.458 e. The standard InChI is InChI=1S/C26H37BrN2O3S/c1-26(2,3)32-23(30)18-31-17-20-12-10-19(11-13-20)16-29-25(21-8-6-5-7-9-21)24(27)22(28-29)14-15-33-4/h5-9,19-20H,10-18H2,1-4H3/t19-,20+. The summed E-state index contributed by atoms with van der Waals surface area (Å²) in [5.41, 5.74) is 3.08. The lowest BCUT2D eigenvalue weighted by Gasteiger charge is -2.28. The summed E-state index contributed by atoms with van der Waals surface area (Å²) in [5, 5.41) is 5.02. The molecule has 0 bridgehead atoms. The Morgan fingerprint density at radius 3 is 2.45 bits per heavy atom. The number of hydrogen-bond donors (Lipinski definition) is 0. The molecule has 2 aromatic rings. The number of carbonyl (C=O) groups is 1. The van der Waals surface area contributed by atoms with E-state index in [2.05, 4.69) is 57.2 Å². The topological polar surface area (TPSA) is 53.4 Å².